The van der Waals surface area contributed by atoms with Gasteiger partial charge in [0.25, 0.3) is 11.8 Å². The van der Waals surface area contributed by atoms with Crippen LogP contribution in [0.1, 0.15) is 24.2 Å². The topological polar surface area (TPSA) is 146 Å². The molecular weight excluding hydrogens is 488 g/mol. The van der Waals surface area contributed by atoms with Gasteiger partial charge in [-0.2, -0.15) is 0 Å². The lowest BCUT2D eigenvalue weighted by Gasteiger charge is -2.39. The summed E-state index contributed by atoms with van der Waals surface area (Å²) in [4.78, 5) is 33.5. The second kappa shape index (κ2) is 11.5. The van der Waals surface area contributed by atoms with E-state index in [1.807, 2.05) is 18.7 Å². The van der Waals surface area contributed by atoms with Gasteiger partial charge in [-0.25, -0.2) is 4.98 Å². The van der Waals surface area contributed by atoms with Crippen LogP contribution in [-0.2, 0) is 4.79 Å². The molecule has 5 N–H and O–H groups in total. The number of rotatable bonds is 9. The number of ether oxygens (including phenoxy) is 1. The lowest BCUT2D eigenvalue weighted by molar-refractivity contribution is -0.129. The van der Waals surface area contributed by atoms with E-state index in [4.69, 9.17) is 14.9 Å². The zero-order chi connectivity index (χ0) is 27.3. The van der Waals surface area contributed by atoms with Gasteiger partial charge in [-0.05, 0) is 50.2 Å². The first-order valence-electron chi connectivity index (χ1n) is 12.4. The van der Waals surface area contributed by atoms with Crippen LogP contribution in [0.25, 0.3) is 11.3 Å². The highest BCUT2D eigenvalue weighted by Gasteiger charge is 2.30. The van der Waals surface area contributed by atoms with Crippen molar-refractivity contribution in [2.75, 3.05) is 50.9 Å². The maximum absolute atomic E-state index is 12.8. The van der Waals surface area contributed by atoms with Crippen LogP contribution in [0.5, 0.6) is 5.75 Å². The molecule has 38 heavy (non-hydrogen) atoms. The van der Waals surface area contributed by atoms with Crippen LogP contribution in [0.2, 0.25) is 0 Å². The standard InChI is InChI=1S/C27H34N6O5/c1-27(2,16-32-10-12-33(13-11-32)26(36)18-4-6-19(28)7-5-18)31-25(35)24(34)30-20-8-9-21(22(14-20)37-3)23-15-29-17-38-23/h4-9,14-15,17,24,30,34H,10-13,16,28H2,1-3H3,(H,31,35). The van der Waals surface area contributed by atoms with Crippen LogP contribution < -0.4 is 21.1 Å². The predicted molar refractivity (Wildman–Crippen MR) is 144 cm³/mol. The molecule has 1 aliphatic rings. The van der Waals surface area contributed by atoms with E-state index in [2.05, 4.69) is 20.5 Å². The summed E-state index contributed by atoms with van der Waals surface area (Å²) in [5.74, 6) is 0.486. The number of aromatic nitrogens is 1. The molecule has 2 amide bonds. The van der Waals surface area contributed by atoms with Crippen molar-refractivity contribution >= 4 is 23.2 Å². The molecule has 2 aromatic carbocycles. The molecule has 1 aromatic heterocycles. The summed E-state index contributed by atoms with van der Waals surface area (Å²) in [5, 5.41) is 16.2. The third-order valence-electron chi connectivity index (χ3n) is 6.35. The first-order valence-corrected chi connectivity index (χ1v) is 12.4. The Morgan fingerprint density at radius 2 is 1.87 bits per heavy atom. The quantitative estimate of drug-likeness (QED) is 0.245. The van der Waals surface area contributed by atoms with Gasteiger partial charge in [0.2, 0.25) is 6.23 Å². The van der Waals surface area contributed by atoms with Gasteiger partial charge < -0.3 is 35.5 Å². The highest BCUT2D eigenvalue weighted by molar-refractivity contribution is 5.94. The van der Waals surface area contributed by atoms with Crippen molar-refractivity contribution in [3.8, 4) is 17.1 Å². The monoisotopic (exact) mass is 522 g/mol. The Labute approximate surface area is 221 Å². The normalized spacial score (nSPS) is 15.1. The molecular formula is C27H34N6O5. The first-order chi connectivity index (χ1) is 18.1. The van der Waals surface area contributed by atoms with Gasteiger partial charge in [0.15, 0.2) is 12.2 Å². The number of amides is 2. The average molecular weight is 523 g/mol. The number of nitrogens with two attached hydrogens (primary N) is 1. The lowest BCUT2D eigenvalue weighted by atomic mass is 10.0. The number of piperazine rings is 1. The Morgan fingerprint density at radius 1 is 1.16 bits per heavy atom. The molecule has 0 spiro atoms. The Bertz CT molecular complexity index is 1240. The van der Waals surface area contributed by atoms with Gasteiger partial charge in [0, 0.05) is 61.3 Å². The molecule has 1 aliphatic heterocycles. The van der Waals surface area contributed by atoms with E-state index in [1.54, 1.807) is 48.7 Å². The van der Waals surface area contributed by atoms with Crippen LogP contribution in [0.15, 0.2) is 59.5 Å². The van der Waals surface area contributed by atoms with Gasteiger partial charge in [-0.3, -0.25) is 14.5 Å². The number of hydrogen-bond acceptors (Lipinski definition) is 9. The molecule has 1 atom stereocenters. The number of aliphatic hydroxyl groups is 1. The summed E-state index contributed by atoms with van der Waals surface area (Å²) in [6.45, 7) is 6.90. The largest absolute Gasteiger partial charge is 0.496 e. The second-order valence-electron chi connectivity index (χ2n) is 9.89. The summed E-state index contributed by atoms with van der Waals surface area (Å²) < 4.78 is 10.8. The number of oxazole rings is 1. The minimum Gasteiger partial charge on any atom is -0.496 e. The van der Waals surface area contributed by atoms with E-state index in [0.717, 1.165) is 0 Å². The number of nitrogens with one attached hydrogen (secondary N) is 2. The molecule has 11 nitrogen and oxygen atoms in total. The van der Waals surface area contributed by atoms with Crippen LogP contribution in [0.4, 0.5) is 11.4 Å². The SMILES string of the molecule is COc1cc(NC(O)C(=O)NC(C)(C)CN2CCN(C(=O)c3ccc(N)cc3)CC2)ccc1-c1cnco1. The Morgan fingerprint density at radius 3 is 2.50 bits per heavy atom. The molecule has 0 aliphatic carbocycles. The minimum absolute atomic E-state index is 0.0168. The number of carbonyl (C=O) groups is 2. The molecule has 0 bridgehead atoms. The van der Waals surface area contributed by atoms with Gasteiger partial charge >= 0.3 is 0 Å². The number of aliphatic hydroxyl groups excluding tert-OH is 1. The molecule has 4 rings (SSSR count). The zero-order valence-corrected chi connectivity index (χ0v) is 21.8. The van der Waals surface area contributed by atoms with E-state index in [0.29, 0.717) is 66.7 Å². The summed E-state index contributed by atoms with van der Waals surface area (Å²) in [7, 11) is 1.53. The molecule has 1 fully saturated rings. The van der Waals surface area contributed by atoms with Crippen molar-refractivity contribution < 1.29 is 23.8 Å². The first kappa shape index (κ1) is 27.0. The van der Waals surface area contributed by atoms with Crippen molar-refractivity contribution in [3.05, 3.63) is 60.6 Å². The fraction of sp³-hybridized carbons (Fsp3) is 0.370. The maximum Gasteiger partial charge on any atom is 0.270 e. The number of carbonyl (C=O) groups excluding carboxylic acids is 2. The third kappa shape index (κ3) is 6.61. The molecule has 202 valence electrons. The maximum atomic E-state index is 12.8. The molecule has 2 heterocycles. The fourth-order valence-electron chi connectivity index (χ4n) is 4.47. The van der Waals surface area contributed by atoms with Crippen LogP contribution >= 0.6 is 0 Å². The summed E-state index contributed by atoms with van der Waals surface area (Å²) >= 11 is 0. The van der Waals surface area contributed by atoms with Gasteiger partial charge in [-0.15, -0.1) is 0 Å². The molecule has 11 heteroatoms. The third-order valence-corrected chi connectivity index (χ3v) is 6.35. The Balaban J connectivity index is 1.27. The van der Waals surface area contributed by atoms with Crippen LogP contribution in [0.3, 0.4) is 0 Å². The molecule has 0 radical (unpaired) electrons. The van der Waals surface area contributed by atoms with E-state index in [-0.39, 0.29) is 5.91 Å². The van der Waals surface area contributed by atoms with Gasteiger partial charge in [-0.1, -0.05) is 0 Å². The number of hydrogen-bond donors (Lipinski definition) is 4. The van der Waals surface area contributed by atoms with Gasteiger partial charge in [0.1, 0.15) is 5.75 Å². The van der Waals surface area contributed by atoms with Gasteiger partial charge in [0.05, 0.1) is 18.9 Å². The van der Waals surface area contributed by atoms with Crippen LogP contribution in [0, 0.1) is 0 Å². The highest BCUT2D eigenvalue weighted by atomic mass is 16.5. The van der Waals surface area contributed by atoms with E-state index >= 15 is 0 Å². The highest BCUT2D eigenvalue weighted by Crippen LogP contribution is 2.32. The van der Waals surface area contributed by atoms with E-state index < -0.39 is 17.7 Å². The number of nitrogens with zero attached hydrogens (tertiary/aromatic N) is 3. The molecule has 1 saturated heterocycles. The molecule has 3 aromatic rings. The van der Waals surface area contributed by atoms with Crippen molar-refractivity contribution in [2.45, 2.75) is 25.6 Å². The van der Waals surface area contributed by atoms with E-state index in [1.165, 1.54) is 13.5 Å². The van der Waals surface area contributed by atoms with Crippen molar-refractivity contribution in [1.29, 1.82) is 0 Å². The smallest absolute Gasteiger partial charge is 0.270 e. The van der Waals surface area contributed by atoms with Crippen LogP contribution in [-0.4, -0.2) is 83.3 Å². The zero-order valence-electron chi connectivity index (χ0n) is 21.8. The number of nitrogen functional groups attached to an aromatic ring is 1. The predicted octanol–water partition coefficient (Wildman–Crippen LogP) is 2.02. The van der Waals surface area contributed by atoms with Crippen molar-refractivity contribution in [3.63, 3.8) is 0 Å². The average Bonchev–Trinajstić information content (AvgIpc) is 3.43. The summed E-state index contributed by atoms with van der Waals surface area (Å²) in [6.07, 6.45) is 1.44. The fourth-order valence-corrected chi connectivity index (χ4v) is 4.47. The second-order valence-corrected chi connectivity index (χ2v) is 9.89. The molecule has 0 saturated carbocycles. The van der Waals surface area contributed by atoms with Crippen molar-refractivity contribution in [1.82, 2.24) is 20.1 Å². The number of anilines is 2. The minimum atomic E-state index is -1.47. The number of benzene rings is 2. The summed E-state index contributed by atoms with van der Waals surface area (Å²) in [5.41, 5.74) is 7.55. The Hall–Kier alpha value is -4.09. The molecule has 1 unspecified atom stereocenters. The van der Waals surface area contributed by atoms with E-state index in [9.17, 15) is 14.7 Å². The lowest BCUT2D eigenvalue weighted by Crippen LogP contribution is -2.58. The van der Waals surface area contributed by atoms with Crippen molar-refractivity contribution in [2.24, 2.45) is 0 Å². The number of methoxy groups -OCH3 is 1. The summed E-state index contributed by atoms with van der Waals surface area (Å²) in [6, 6.07) is 12.1. The Kier molecular flexibility index (Phi) is 8.18.